The summed E-state index contributed by atoms with van der Waals surface area (Å²) in [4.78, 5) is 13.5. The number of nitrogens with zero attached hydrogens (tertiary/aromatic N) is 4. The van der Waals surface area contributed by atoms with Gasteiger partial charge in [-0.1, -0.05) is 23.0 Å². The molecule has 0 aliphatic heterocycles. The Bertz CT molecular complexity index is 712. The van der Waals surface area contributed by atoms with E-state index >= 15 is 0 Å². The second-order valence-electron chi connectivity index (χ2n) is 4.36. The number of rotatable bonds is 3. The first-order chi connectivity index (χ1) is 10.1. The number of hydrogen-bond acceptors (Lipinski definition) is 5. The largest absolute Gasteiger partial charge is 0.395 e. The first kappa shape index (κ1) is 14.7. The summed E-state index contributed by atoms with van der Waals surface area (Å²) in [7, 11) is 1.62. The maximum atomic E-state index is 12.2. The molecule has 0 saturated heterocycles. The van der Waals surface area contributed by atoms with Crippen LogP contribution in [0.3, 0.4) is 0 Å². The Morgan fingerprint density at radius 3 is 2.95 bits per heavy atom. The van der Waals surface area contributed by atoms with Crippen LogP contribution in [0.1, 0.15) is 27.9 Å². The van der Waals surface area contributed by atoms with Gasteiger partial charge in [-0.05, 0) is 29.8 Å². The third-order valence-corrected chi connectivity index (χ3v) is 2.69. The fourth-order valence-electron chi connectivity index (χ4n) is 1.67. The third kappa shape index (κ3) is 3.87. The number of benzene rings is 1. The third-order valence-electron chi connectivity index (χ3n) is 2.69. The van der Waals surface area contributed by atoms with E-state index in [0.29, 0.717) is 17.5 Å². The molecule has 0 bridgehead atoms. The summed E-state index contributed by atoms with van der Waals surface area (Å²) in [6.07, 6.45) is 0.402. The van der Waals surface area contributed by atoms with Gasteiger partial charge in [-0.15, -0.1) is 5.10 Å². The number of aromatic nitrogens is 4. The van der Waals surface area contributed by atoms with E-state index in [9.17, 15) is 4.79 Å². The Labute approximate surface area is 122 Å². The molecule has 0 spiro atoms. The van der Waals surface area contributed by atoms with E-state index in [1.165, 1.54) is 4.80 Å². The van der Waals surface area contributed by atoms with Crippen molar-refractivity contribution in [2.24, 2.45) is 7.05 Å². The topological polar surface area (TPSA) is 92.9 Å². The Balaban J connectivity index is 2.20. The van der Waals surface area contributed by atoms with Crippen molar-refractivity contribution in [2.45, 2.75) is 13.3 Å². The van der Waals surface area contributed by atoms with Gasteiger partial charge < -0.3 is 5.11 Å². The minimum Gasteiger partial charge on any atom is -0.395 e. The summed E-state index contributed by atoms with van der Waals surface area (Å²) in [5.41, 5.74) is 2.04. The molecule has 1 aromatic heterocycles. The van der Waals surface area contributed by atoms with Crippen LogP contribution < -0.4 is 5.32 Å². The highest BCUT2D eigenvalue weighted by atomic mass is 16.2. The average Bonchev–Trinajstić information content (AvgIpc) is 2.86. The predicted molar refractivity (Wildman–Crippen MR) is 76.5 cm³/mol. The summed E-state index contributed by atoms with van der Waals surface area (Å²) in [6.45, 7) is 1.86. The van der Waals surface area contributed by atoms with Gasteiger partial charge in [-0.2, -0.15) is 4.80 Å². The number of aryl methyl sites for hydroxylation is 2. The van der Waals surface area contributed by atoms with Crippen molar-refractivity contribution in [3.05, 3.63) is 34.9 Å². The Morgan fingerprint density at radius 2 is 2.29 bits per heavy atom. The van der Waals surface area contributed by atoms with E-state index in [-0.39, 0.29) is 18.5 Å². The molecule has 21 heavy (non-hydrogen) atoms. The Morgan fingerprint density at radius 1 is 1.48 bits per heavy atom. The van der Waals surface area contributed by atoms with Gasteiger partial charge in [0.25, 0.3) is 11.9 Å². The Kier molecular flexibility index (Phi) is 4.64. The quantitative estimate of drug-likeness (QED) is 0.801. The van der Waals surface area contributed by atoms with Crippen molar-refractivity contribution in [3.63, 3.8) is 0 Å². The molecule has 0 atom stereocenters. The molecule has 0 saturated carbocycles. The summed E-state index contributed by atoms with van der Waals surface area (Å²) in [5, 5.41) is 22.5. The van der Waals surface area contributed by atoms with Crippen molar-refractivity contribution in [1.82, 2.24) is 20.2 Å². The van der Waals surface area contributed by atoms with Crippen LogP contribution in [0, 0.1) is 18.8 Å². The molecule has 1 aromatic carbocycles. The number of carbonyl (C=O) groups is 1. The van der Waals surface area contributed by atoms with Gasteiger partial charge in [0.05, 0.1) is 13.7 Å². The molecule has 1 amide bonds. The van der Waals surface area contributed by atoms with Crippen LogP contribution in [0.5, 0.6) is 0 Å². The highest BCUT2D eigenvalue weighted by Gasteiger charge is 2.12. The monoisotopic (exact) mass is 285 g/mol. The van der Waals surface area contributed by atoms with Crippen molar-refractivity contribution < 1.29 is 9.90 Å². The van der Waals surface area contributed by atoms with Crippen molar-refractivity contribution in [3.8, 4) is 11.8 Å². The smallest absolute Gasteiger partial charge is 0.270 e. The second kappa shape index (κ2) is 6.63. The first-order valence-corrected chi connectivity index (χ1v) is 6.36. The van der Waals surface area contributed by atoms with E-state index in [1.807, 2.05) is 19.1 Å². The average molecular weight is 285 g/mol. The lowest BCUT2D eigenvalue weighted by Gasteiger charge is -2.05. The number of aliphatic hydroxyl groups is 1. The molecule has 2 aromatic rings. The second-order valence-corrected chi connectivity index (χ2v) is 4.36. The zero-order valence-electron chi connectivity index (χ0n) is 11.8. The maximum Gasteiger partial charge on any atom is 0.270 e. The molecule has 0 fully saturated rings. The highest BCUT2D eigenvalue weighted by molar-refractivity contribution is 6.04. The highest BCUT2D eigenvalue weighted by Crippen LogP contribution is 2.12. The summed E-state index contributed by atoms with van der Waals surface area (Å²) < 4.78 is 0. The van der Waals surface area contributed by atoms with E-state index in [4.69, 9.17) is 5.11 Å². The number of tetrazole rings is 1. The van der Waals surface area contributed by atoms with Crippen LogP contribution in [0.25, 0.3) is 0 Å². The number of amides is 1. The van der Waals surface area contributed by atoms with Gasteiger partial charge >= 0.3 is 0 Å². The van der Waals surface area contributed by atoms with Gasteiger partial charge in [-0.3, -0.25) is 10.1 Å². The van der Waals surface area contributed by atoms with Gasteiger partial charge in [0.2, 0.25) is 0 Å². The van der Waals surface area contributed by atoms with E-state index in [2.05, 4.69) is 32.6 Å². The number of hydrogen-bond donors (Lipinski definition) is 2. The van der Waals surface area contributed by atoms with Crippen molar-refractivity contribution in [1.29, 1.82) is 0 Å². The summed E-state index contributed by atoms with van der Waals surface area (Å²) in [5.74, 6) is 5.56. The summed E-state index contributed by atoms with van der Waals surface area (Å²) in [6, 6.07) is 5.35. The fourth-order valence-corrected chi connectivity index (χ4v) is 1.67. The zero-order chi connectivity index (χ0) is 15.2. The van der Waals surface area contributed by atoms with Crippen LogP contribution in [0.15, 0.2) is 18.2 Å². The first-order valence-electron chi connectivity index (χ1n) is 6.36. The number of carbonyl (C=O) groups excluding carboxylic acids is 1. The fraction of sp³-hybridized carbons (Fsp3) is 0.286. The van der Waals surface area contributed by atoms with Crippen LogP contribution >= 0.6 is 0 Å². The van der Waals surface area contributed by atoms with Crippen LogP contribution in [-0.2, 0) is 7.05 Å². The molecule has 7 heteroatoms. The van der Waals surface area contributed by atoms with E-state index in [1.54, 1.807) is 13.1 Å². The number of nitrogens with one attached hydrogen (secondary N) is 1. The molecule has 0 aliphatic rings. The van der Waals surface area contributed by atoms with E-state index in [0.717, 1.165) is 5.56 Å². The number of anilines is 1. The molecule has 0 radical (unpaired) electrons. The Hall–Kier alpha value is -2.72. The van der Waals surface area contributed by atoms with E-state index < -0.39 is 0 Å². The molecule has 1 heterocycles. The van der Waals surface area contributed by atoms with Gasteiger partial charge in [0.15, 0.2) is 0 Å². The van der Waals surface area contributed by atoms with Gasteiger partial charge in [0.1, 0.15) is 0 Å². The predicted octanol–water partition coefficient (Wildman–Crippen LogP) is 0.505. The van der Waals surface area contributed by atoms with Gasteiger partial charge in [0, 0.05) is 17.5 Å². The minimum atomic E-state index is -0.314. The van der Waals surface area contributed by atoms with Crippen molar-refractivity contribution in [2.75, 3.05) is 11.9 Å². The lowest BCUT2D eigenvalue weighted by atomic mass is 10.0. The molecular weight excluding hydrogens is 270 g/mol. The standard InChI is InChI=1S/C14H15N5O2/c1-10-6-7-11(5-3-4-8-20)9-12(10)13(21)15-14-16-18-19(2)17-14/h6-7,9,20H,4,8H2,1-2H3,(H,15,17,21). The van der Waals surface area contributed by atoms with Crippen LogP contribution in [-0.4, -0.2) is 37.8 Å². The van der Waals surface area contributed by atoms with Gasteiger partial charge in [-0.25, -0.2) is 0 Å². The molecular formula is C14H15N5O2. The molecule has 2 N–H and O–H groups in total. The molecule has 0 unspecified atom stereocenters. The minimum absolute atomic E-state index is 0.0184. The summed E-state index contributed by atoms with van der Waals surface area (Å²) >= 11 is 0. The van der Waals surface area contributed by atoms with Crippen LogP contribution in [0.2, 0.25) is 0 Å². The normalized spacial score (nSPS) is 9.86. The lowest BCUT2D eigenvalue weighted by molar-refractivity contribution is 0.102. The van der Waals surface area contributed by atoms with Crippen LogP contribution in [0.4, 0.5) is 5.95 Å². The molecule has 0 aliphatic carbocycles. The number of aliphatic hydroxyl groups excluding tert-OH is 1. The van der Waals surface area contributed by atoms with Crippen molar-refractivity contribution >= 4 is 11.9 Å². The molecule has 108 valence electrons. The molecule has 7 nitrogen and oxygen atoms in total. The zero-order valence-corrected chi connectivity index (χ0v) is 11.8. The molecule has 2 rings (SSSR count). The SMILES string of the molecule is Cc1ccc(C#CCCO)cc1C(=O)Nc1nnn(C)n1. The lowest BCUT2D eigenvalue weighted by Crippen LogP contribution is -2.15. The maximum absolute atomic E-state index is 12.2.